The minimum atomic E-state index is -0.518. The van der Waals surface area contributed by atoms with Crippen molar-refractivity contribution in [1.82, 2.24) is 9.55 Å². The third kappa shape index (κ3) is 4.77. The second-order valence-electron chi connectivity index (χ2n) is 5.25. The molecule has 2 N–H and O–H groups in total. The Morgan fingerprint density at radius 1 is 1.56 bits per heavy atom. The maximum Gasteiger partial charge on any atom is 0.351 e. The summed E-state index contributed by atoms with van der Waals surface area (Å²) in [5.41, 5.74) is -0.386. The van der Waals surface area contributed by atoms with Gasteiger partial charge in [-0.05, 0) is 12.1 Å². The van der Waals surface area contributed by atoms with Crippen LogP contribution in [0.5, 0.6) is 0 Å². The largest absolute Gasteiger partial charge is 1.00 e. The van der Waals surface area contributed by atoms with E-state index in [0.29, 0.717) is 11.3 Å². The summed E-state index contributed by atoms with van der Waals surface area (Å²) in [7, 11) is 1.81. The van der Waals surface area contributed by atoms with Gasteiger partial charge in [0, 0.05) is 18.0 Å². The van der Waals surface area contributed by atoms with Crippen molar-refractivity contribution in [2.24, 2.45) is 7.05 Å². The Morgan fingerprint density at radius 3 is 3.00 bits per heavy atom. The standard InChI is InChI=1S/C15H16N4O4S.HI/c1-18-5-2-3-10(7-18)14(21)16-11-4-6-19(15(22)17-11)12-9-24-13(8-20)23-12;/h2-7,12-13,20H,8-9H2,1H3;1H. The Morgan fingerprint density at radius 2 is 2.36 bits per heavy atom. The number of ether oxygens (including phenoxy) is 1. The molecule has 2 atom stereocenters. The van der Waals surface area contributed by atoms with E-state index in [1.54, 1.807) is 29.0 Å². The van der Waals surface area contributed by atoms with Crippen LogP contribution in [0.25, 0.3) is 0 Å². The highest BCUT2D eigenvalue weighted by Gasteiger charge is 2.27. The van der Waals surface area contributed by atoms with Gasteiger partial charge in [-0.3, -0.25) is 9.36 Å². The number of anilines is 1. The van der Waals surface area contributed by atoms with Gasteiger partial charge in [0.15, 0.2) is 12.4 Å². The highest BCUT2D eigenvalue weighted by atomic mass is 127. The lowest BCUT2D eigenvalue weighted by molar-refractivity contribution is -0.671. The van der Waals surface area contributed by atoms with Crippen molar-refractivity contribution in [3.8, 4) is 0 Å². The highest BCUT2D eigenvalue weighted by Crippen LogP contribution is 2.30. The van der Waals surface area contributed by atoms with Gasteiger partial charge in [0.1, 0.15) is 30.1 Å². The number of aliphatic hydroxyl groups is 1. The van der Waals surface area contributed by atoms with E-state index in [4.69, 9.17) is 9.84 Å². The van der Waals surface area contributed by atoms with E-state index in [1.165, 1.54) is 22.5 Å². The molecule has 0 radical (unpaired) electrons. The molecule has 1 saturated heterocycles. The van der Waals surface area contributed by atoms with Crippen molar-refractivity contribution in [3.05, 3.63) is 52.8 Å². The maximum atomic E-state index is 12.2. The average molecular weight is 476 g/mol. The van der Waals surface area contributed by atoms with E-state index in [2.05, 4.69) is 10.3 Å². The second kappa shape index (κ2) is 8.74. The smallest absolute Gasteiger partial charge is 0.351 e. The van der Waals surface area contributed by atoms with Gasteiger partial charge >= 0.3 is 5.69 Å². The number of carbonyl (C=O) groups excluding carboxylic acids is 1. The van der Waals surface area contributed by atoms with Gasteiger partial charge in [-0.2, -0.15) is 4.98 Å². The Balaban J connectivity index is 0.00000225. The summed E-state index contributed by atoms with van der Waals surface area (Å²) in [6, 6.07) is 4.98. The molecule has 3 rings (SSSR count). The predicted octanol–water partition coefficient (Wildman–Crippen LogP) is -3.10. The van der Waals surface area contributed by atoms with Crippen LogP contribution in [0.4, 0.5) is 5.82 Å². The number of aromatic nitrogens is 3. The van der Waals surface area contributed by atoms with Crippen molar-refractivity contribution in [1.29, 1.82) is 0 Å². The lowest BCUT2D eigenvalue weighted by atomic mass is 10.2. The predicted molar refractivity (Wildman–Crippen MR) is 87.5 cm³/mol. The molecule has 134 valence electrons. The summed E-state index contributed by atoms with van der Waals surface area (Å²) in [5.74, 6) is 0.389. The number of aliphatic hydroxyl groups excluding tert-OH is 1. The molecule has 25 heavy (non-hydrogen) atoms. The zero-order valence-electron chi connectivity index (χ0n) is 13.3. The molecular weight excluding hydrogens is 459 g/mol. The molecule has 0 aromatic carbocycles. The SMILES string of the molecule is C[n+]1cccc(C(=O)Nc2ccn(C3CSC(CO)O3)c(=O)n2)c1.[I-]. The summed E-state index contributed by atoms with van der Waals surface area (Å²) < 4.78 is 8.63. The molecule has 2 unspecified atom stereocenters. The molecular formula is C15H17IN4O4S. The Bertz CT molecular complexity index is 816. The van der Waals surface area contributed by atoms with Crippen LogP contribution in [0.3, 0.4) is 0 Å². The molecule has 0 aliphatic carbocycles. The molecule has 1 aliphatic rings. The fraction of sp³-hybridized carbons (Fsp3) is 0.333. The number of nitrogens with one attached hydrogen (secondary N) is 1. The van der Waals surface area contributed by atoms with Crippen LogP contribution < -0.4 is 39.6 Å². The molecule has 1 fully saturated rings. The Labute approximate surface area is 165 Å². The lowest BCUT2D eigenvalue weighted by Gasteiger charge is -2.13. The fourth-order valence-corrected chi connectivity index (χ4v) is 3.23. The van der Waals surface area contributed by atoms with Gasteiger partial charge in [-0.15, -0.1) is 11.8 Å². The number of pyridine rings is 1. The van der Waals surface area contributed by atoms with Gasteiger partial charge in [0.25, 0.3) is 5.91 Å². The van der Waals surface area contributed by atoms with Crippen LogP contribution in [0.15, 0.2) is 41.6 Å². The number of halogens is 1. The molecule has 2 aromatic heterocycles. The number of nitrogens with zero attached hydrogens (tertiary/aromatic N) is 3. The number of amides is 1. The van der Waals surface area contributed by atoms with Crippen molar-refractivity contribution in [2.75, 3.05) is 17.7 Å². The van der Waals surface area contributed by atoms with Crippen LogP contribution in [-0.4, -0.2) is 38.4 Å². The molecule has 2 aromatic rings. The van der Waals surface area contributed by atoms with Gasteiger partial charge in [0.2, 0.25) is 0 Å². The number of aryl methyl sites for hydroxylation is 1. The zero-order chi connectivity index (χ0) is 17.1. The van der Waals surface area contributed by atoms with E-state index in [1.807, 2.05) is 13.2 Å². The highest BCUT2D eigenvalue weighted by molar-refractivity contribution is 8.00. The minimum Gasteiger partial charge on any atom is -1.00 e. The Hall–Kier alpha value is -1.50. The van der Waals surface area contributed by atoms with Crippen LogP contribution in [0.2, 0.25) is 0 Å². The molecule has 10 heteroatoms. The number of hydrogen-bond donors (Lipinski definition) is 2. The monoisotopic (exact) mass is 476 g/mol. The summed E-state index contributed by atoms with van der Waals surface area (Å²) in [5, 5.41) is 11.7. The third-order valence-electron chi connectivity index (χ3n) is 3.47. The van der Waals surface area contributed by atoms with Gasteiger partial charge in [-0.25, -0.2) is 9.36 Å². The fourth-order valence-electron chi connectivity index (χ4n) is 2.30. The first-order valence-electron chi connectivity index (χ1n) is 7.30. The van der Waals surface area contributed by atoms with Crippen LogP contribution in [0.1, 0.15) is 16.6 Å². The van der Waals surface area contributed by atoms with E-state index in [9.17, 15) is 9.59 Å². The van der Waals surface area contributed by atoms with E-state index in [-0.39, 0.29) is 47.7 Å². The Kier molecular flexibility index (Phi) is 6.93. The summed E-state index contributed by atoms with van der Waals surface area (Å²) in [4.78, 5) is 28.2. The van der Waals surface area contributed by atoms with Crippen molar-refractivity contribution in [2.45, 2.75) is 11.7 Å². The van der Waals surface area contributed by atoms with Crippen molar-refractivity contribution >= 4 is 23.5 Å². The number of hydrogen-bond acceptors (Lipinski definition) is 6. The van der Waals surface area contributed by atoms with E-state index < -0.39 is 11.9 Å². The number of thioether (sulfide) groups is 1. The van der Waals surface area contributed by atoms with Crippen LogP contribution in [0, 0.1) is 0 Å². The zero-order valence-corrected chi connectivity index (χ0v) is 16.3. The molecule has 0 saturated carbocycles. The average Bonchev–Trinajstić information content (AvgIpc) is 3.04. The molecule has 1 aliphatic heterocycles. The maximum absolute atomic E-state index is 12.2. The number of carbonyl (C=O) groups is 1. The molecule has 0 bridgehead atoms. The van der Waals surface area contributed by atoms with Crippen LogP contribution >= 0.6 is 11.8 Å². The molecule has 1 amide bonds. The molecule has 3 heterocycles. The summed E-state index contributed by atoms with van der Waals surface area (Å²) in [6.07, 6.45) is 4.55. The summed E-state index contributed by atoms with van der Waals surface area (Å²) >= 11 is 1.44. The lowest BCUT2D eigenvalue weighted by Crippen LogP contribution is -3.00. The summed E-state index contributed by atoms with van der Waals surface area (Å²) in [6.45, 7) is -0.105. The molecule has 8 nitrogen and oxygen atoms in total. The third-order valence-corrected chi connectivity index (χ3v) is 4.58. The van der Waals surface area contributed by atoms with Gasteiger partial charge < -0.3 is 39.1 Å². The number of rotatable bonds is 4. The minimum absolute atomic E-state index is 0. The first-order chi connectivity index (χ1) is 11.6. The normalized spacial score (nSPS) is 19.3. The van der Waals surface area contributed by atoms with E-state index >= 15 is 0 Å². The van der Waals surface area contributed by atoms with Gasteiger partial charge in [-0.1, -0.05) is 0 Å². The quantitative estimate of drug-likeness (QED) is 0.359. The van der Waals surface area contributed by atoms with E-state index in [0.717, 1.165) is 0 Å². The van der Waals surface area contributed by atoms with Crippen LogP contribution in [-0.2, 0) is 11.8 Å². The second-order valence-corrected chi connectivity index (χ2v) is 6.44. The van der Waals surface area contributed by atoms with Crippen molar-refractivity contribution in [3.63, 3.8) is 0 Å². The topological polar surface area (TPSA) is 97.3 Å². The van der Waals surface area contributed by atoms with Crippen molar-refractivity contribution < 1.29 is 43.2 Å². The first-order valence-corrected chi connectivity index (χ1v) is 8.35. The first kappa shape index (κ1) is 19.8. The van der Waals surface area contributed by atoms with Gasteiger partial charge in [0.05, 0.1) is 6.61 Å². The molecule has 0 spiro atoms.